The molecule has 0 aliphatic rings. The number of methoxy groups -OCH3 is 2. The molecular formula is C17H23BrN6O3. The highest BCUT2D eigenvalue weighted by atomic mass is 79.9. The van der Waals surface area contributed by atoms with Crippen LogP contribution in [0.5, 0.6) is 0 Å². The minimum atomic E-state index is -0.308. The van der Waals surface area contributed by atoms with Crippen molar-refractivity contribution < 1.29 is 14.3 Å². The van der Waals surface area contributed by atoms with E-state index in [4.69, 9.17) is 15.2 Å². The SMILES string of the molecule is COCCN(CCOC)c1ncnc(NNC(=O)c2ccc(Br)cc2)c1N. The van der Waals surface area contributed by atoms with E-state index in [9.17, 15) is 4.79 Å². The zero-order valence-corrected chi connectivity index (χ0v) is 16.8. The minimum Gasteiger partial charge on any atom is -0.393 e. The second kappa shape index (κ2) is 10.7. The molecule has 2 rings (SSSR count). The van der Waals surface area contributed by atoms with Gasteiger partial charge in [0.1, 0.15) is 12.0 Å². The number of halogens is 1. The van der Waals surface area contributed by atoms with Crippen molar-refractivity contribution in [3.63, 3.8) is 0 Å². The molecule has 1 amide bonds. The van der Waals surface area contributed by atoms with Crippen molar-refractivity contribution in [2.24, 2.45) is 0 Å². The number of hydrazine groups is 1. The van der Waals surface area contributed by atoms with E-state index in [-0.39, 0.29) is 5.91 Å². The number of nitrogen functional groups attached to an aromatic ring is 1. The molecule has 0 saturated carbocycles. The highest BCUT2D eigenvalue weighted by Crippen LogP contribution is 2.25. The van der Waals surface area contributed by atoms with E-state index in [1.807, 2.05) is 4.90 Å². The number of aromatic nitrogens is 2. The Kier molecular flexibility index (Phi) is 8.24. The van der Waals surface area contributed by atoms with E-state index in [0.29, 0.717) is 49.2 Å². The number of benzene rings is 1. The smallest absolute Gasteiger partial charge is 0.269 e. The summed E-state index contributed by atoms with van der Waals surface area (Å²) in [6.45, 7) is 2.20. The second-order valence-corrected chi connectivity index (χ2v) is 6.43. The van der Waals surface area contributed by atoms with Gasteiger partial charge in [-0.15, -0.1) is 0 Å². The van der Waals surface area contributed by atoms with Crippen LogP contribution in [-0.4, -0.2) is 56.4 Å². The van der Waals surface area contributed by atoms with E-state index >= 15 is 0 Å². The molecule has 0 aliphatic carbocycles. The lowest BCUT2D eigenvalue weighted by Gasteiger charge is -2.25. The molecule has 4 N–H and O–H groups in total. The lowest BCUT2D eigenvalue weighted by molar-refractivity contribution is 0.0962. The van der Waals surface area contributed by atoms with Crippen LogP contribution in [0.1, 0.15) is 10.4 Å². The van der Waals surface area contributed by atoms with Crippen molar-refractivity contribution in [3.05, 3.63) is 40.6 Å². The predicted molar refractivity (Wildman–Crippen MR) is 108 cm³/mol. The molecule has 27 heavy (non-hydrogen) atoms. The molecule has 1 aromatic carbocycles. The van der Waals surface area contributed by atoms with Gasteiger partial charge >= 0.3 is 0 Å². The number of anilines is 3. The lowest BCUT2D eigenvalue weighted by Crippen LogP contribution is -2.33. The molecule has 0 fully saturated rings. The number of hydrogen-bond donors (Lipinski definition) is 3. The first-order valence-electron chi connectivity index (χ1n) is 8.22. The van der Waals surface area contributed by atoms with Gasteiger partial charge in [0.25, 0.3) is 5.91 Å². The Bertz CT molecular complexity index is 736. The predicted octanol–water partition coefficient (Wildman–Crippen LogP) is 1.68. The van der Waals surface area contributed by atoms with Gasteiger partial charge in [-0.05, 0) is 24.3 Å². The van der Waals surface area contributed by atoms with E-state index < -0.39 is 0 Å². The molecule has 10 heteroatoms. The molecule has 146 valence electrons. The third-order valence-corrected chi connectivity index (χ3v) is 4.22. The highest BCUT2D eigenvalue weighted by molar-refractivity contribution is 9.10. The van der Waals surface area contributed by atoms with Crippen molar-refractivity contribution in [1.29, 1.82) is 0 Å². The van der Waals surface area contributed by atoms with Crippen LogP contribution >= 0.6 is 15.9 Å². The number of hydrogen-bond acceptors (Lipinski definition) is 8. The van der Waals surface area contributed by atoms with Crippen LogP contribution < -0.4 is 21.5 Å². The molecule has 9 nitrogen and oxygen atoms in total. The van der Waals surface area contributed by atoms with Crippen LogP contribution in [0, 0.1) is 0 Å². The maximum Gasteiger partial charge on any atom is 0.269 e. The number of nitrogens with one attached hydrogen (secondary N) is 2. The maximum atomic E-state index is 12.2. The van der Waals surface area contributed by atoms with Gasteiger partial charge in [-0.2, -0.15) is 0 Å². The van der Waals surface area contributed by atoms with Gasteiger partial charge < -0.3 is 20.1 Å². The van der Waals surface area contributed by atoms with Gasteiger partial charge in [0.2, 0.25) is 0 Å². The maximum absolute atomic E-state index is 12.2. The van der Waals surface area contributed by atoms with Crippen molar-refractivity contribution >= 4 is 39.2 Å². The van der Waals surface area contributed by atoms with Gasteiger partial charge in [-0.1, -0.05) is 15.9 Å². The quantitative estimate of drug-likeness (QED) is 0.479. The van der Waals surface area contributed by atoms with E-state index in [1.54, 1.807) is 38.5 Å². The van der Waals surface area contributed by atoms with Gasteiger partial charge in [0.15, 0.2) is 11.6 Å². The lowest BCUT2D eigenvalue weighted by atomic mass is 10.2. The Balaban J connectivity index is 2.09. The fourth-order valence-electron chi connectivity index (χ4n) is 2.25. The molecule has 0 atom stereocenters. The van der Waals surface area contributed by atoms with Crippen LogP contribution in [0.3, 0.4) is 0 Å². The number of rotatable bonds is 10. The molecule has 0 unspecified atom stereocenters. The Morgan fingerprint density at radius 1 is 1.15 bits per heavy atom. The van der Waals surface area contributed by atoms with E-state index in [0.717, 1.165) is 4.47 Å². The van der Waals surface area contributed by atoms with Crippen molar-refractivity contribution in [2.45, 2.75) is 0 Å². The average molecular weight is 439 g/mol. The number of carbonyl (C=O) groups is 1. The number of ether oxygens (including phenoxy) is 2. The van der Waals surface area contributed by atoms with E-state index in [1.165, 1.54) is 6.33 Å². The number of amides is 1. The van der Waals surface area contributed by atoms with Crippen LogP contribution in [0.25, 0.3) is 0 Å². The molecule has 0 bridgehead atoms. The van der Waals surface area contributed by atoms with Crippen LogP contribution in [0.4, 0.5) is 17.3 Å². The van der Waals surface area contributed by atoms with Crippen molar-refractivity contribution in [3.8, 4) is 0 Å². The van der Waals surface area contributed by atoms with E-state index in [2.05, 4.69) is 36.7 Å². The number of nitrogens with two attached hydrogens (primary N) is 1. The van der Waals surface area contributed by atoms with Crippen LogP contribution in [0.15, 0.2) is 35.1 Å². The molecule has 2 aromatic rings. The van der Waals surface area contributed by atoms with Gasteiger partial charge in [-0.3, -0.25) is 15.6 Å². The van der Waals surface area contributed by atoms with Crippen molar-refractivity contribution in [2.75, 3.05) is 56.6 Å². The molecule has 0 spiro atoms. The standard InChI is InChI=1S/C17H23BrN6O3/c1-26-9-7-24(8-10-27-2)16-14(19)15(20-11-21-16)22-23-17(25)12-3-5-13(18)6-4-12/h3-6,11H,7-10,19H2,1-2H3,(H,23,25)(H,20,21,22). The van der Waals surface area contributed by atoms with Crippen LogP contribution in [0.2, 0.25) is 0 Å². The second-order valence-electron chi connectivity index (χ2n) is 5.52. The Hall–Kier alpha value is -2.43. The topological polar surface area (TPSA) is 115 Å². The number of nitrogens with zero attached hydrogens (tertiary/aromatic N) is 3. The summed E-state index contributed by atoms with van der Waals surface area (Å²) >= 11 is 3.33. The summed E-state index contributed by atoms with van der Waals surface area (Å²) in [7, 11) is 3.25. The molecule has 0 saturated heterocycles. The third-order valence-electron chi connectivity index (χ3n) is 3.69. The molecule has 1 heterocycles. The monoisotopic (exact) mass is 438 g/mol. The summed E-state index contributed by atoms with van der Waals surface area (Å²) in [6, 6.07) is 6.98. The molecule has 0 aliphatic heterocycles. The molecule has 0 radical (unpaired) electrons. The van der Waals surface area contributed by atoms with Gasteiger partial charge in [0, 0.05) is 37.3 Å². The van der Waals surface area contributed by atoms with Crippen molar-refractivity contribution in [1.82, 2.24) is 15.4 Å². The summed E-state index contributed by atoms with van der Waals surface area (Å²) < 4.78 is 11.2. The molecular weight excluding hydrogens is 416 g/mol. The fourth-order valence-corrected chi connectivity index (χ4v) is 2.52. The first-order chi connectivity index (χ1) is 13.1. The summed E-state index contributed by atoms with van der Waals surface area (Å²) in [5.41, 5.74) is 12.4. The third kappa shape index (κ3) is 6.05. The Morgan fingerprint density at radius 3 is 2.37 bits per heavy atom. The Labute approximate surface area is 166 Å². The first kappa shape index (κ1) is 20.9. The minimum absolute atomic E-state index is 0.308. The summed E-state index contributed by atoms with van der Waals surface area (Å²) in [5.74, 6) is 0.544. The summed E-state index contributed by atoms with van der Waals surface area (Å²) in [4.78, 5) is 22.5. The highest BCUT2D eigenvalue weighted by Gasteiger charge is 2.16. The fraction of sp³-hybridized carbons (Fsp3) is 0.353. The average Bonchev–Trinajstić information content (AvgIpc) is 2.68. The Morgan fingerprint density at radius 2 is 1.78 bits per heavy atom. The van der Waals surface area contributed by atoms with Gasteiger partial charge in [-0.25, -0.2) is 9.97 Å². The van der Waals surface area contributed by atoms with Gasteiger partial charge in [0.05, 0.1) is 13.2 Å². The zero-order chi connectivity index (χ0) is 19.6. The molecule has 1 aromatic heterocycles. The first-order valence-corrected chi connectivity index (χ1v) is 9.01. The summed E-state index contributed by atoms with van der Waals surface area (Å²) in [6.07, 6.45) is 1.38. The van der Waals surface area contributed by atoms with Crippen LogP contribution in [-0.2, 0) is 9.47 Å². The number of carbonyl (C=O) groups excluding carboxylic acids is 1. The summed E-state index contributed by atoms with van der Waals surface area (Å²) in [5, 5.41) is 0. The largest absolute Gasteiger partial charge is 0.393 e. The zero-order valence-electron chi connectivity index (χ0n) is 15.2. The normalized spacial score (nSPS) is 10.5.